The lowest BCUT2D eigenvalue weighted by atomic mass is 9.75. The lowest BCUT2D eigenvalue weighted by Gasteiger charge is -2.41. The average molecular weight is 386 g/mol. The van der Waals surface area contributed by atoms with E-state index in [-0.39, 0.29) is 5.91 Å². The topological polar surface area (TPSA) is 63.9 Å². The minimum Gasteiger partial charge on any atom is -0.342 e. The first-order chi connectivity index (χ1) is 13.1. The van der Waals surface area contributed by atoms with Crippen LogP contribution in [0.25, 0.3) is 5.69 Å². The van der Waals surface area contributed by atoms with Crippen LogP contribution in [0.5, 0.6) is 0 Å². The molecule has 0 unspecified atom stereocenters. The monoisotopic (exact) mass is 385 g/mol. The van der Waals surface area contributed by atoms with Crippen LogP contribution in [-0.4, -0.2) is 49.9 Å². The Bertz CT molecular complexity index is 820. The summed E-state index contributed by atoms with van der Waals surface area (Å²) in [5.41, 5.74) is 3.29. The highest BCUT2D eigenvalue weighted by atomic mass is 32.2. The predicted molar refractivity (Wildman–Crippen MR) is 106 cm³/mol. The smallest absolute Gasteiger partial charge is 0.233 e. The van der Waals surface area contributed by atoms with Crippen molar-refractivity contribution >= 4 is 17.7 Å². The minimum atomic E-state index is 0.208. The molecule has 2 fully saturated rings. The fourth-order valence-corrected chi connectivity index (χ4v) is 5.29. The molecule has 2 heterocycles. The van der Waals surface area contributed by atoms with E-state index >= 15 is 0 Å². The first-order valence-corrected chi connectivity index (χ1v) is 10.9. The van der Waals surface area contributed by atoms with E-state index in [1.165, 1.54) is 49.4 Å². The number of nitrogens with zero attached hydrogens (tertiary/aromatic N) is 5. The van der Waals surface area contributed by atoms with Crippen LogP contribution in [0.15, 0.2) is 23.4 Å². The molecule has 0 N–H and O–H groups in total. The van der Waals surface area contributed by atoms with Gasteiger partial charge in [0.05, 0.1) is 11.4 Å². The number of hydrogen-bond acceptors (Lipinski definition) is 5. The number of tetrazole rings is 1. The highest BCUT2D eigenvalue weighted by Gasteiger charge is 2.32. The van der Waals surface area contributed by atoms with Crippen molar-refractivity contribution in [3.05, 3.63) is 29.3 Å². The lowest BCUT2D eigenvalue weighted by Crippen LogP contribution is -2.45. The highest BCUT2D eigenvalue weighted by molar-refractivity contribution is 7.99. The molecule has 1 saturated carbocycles. The van der Waals surface area contributed by atoms with E-state index in [9.17, 15) is 4.79 Å². The molecule has 4 rings (SSSR count). The number of aryl methyl sites for hydroxylation is 2. The third kappa shape index (κ3) is 4.03. The number of amides is 1. The van der Waals surface area contributed by atoms with Crippen molar-refractivity contribution in [2.24, 2.45) is 11.8 Å². The van der Waals surface area contributed by atoms with Crippen LogP contribution in [0, 0.1) is 25.7 Å². The van der Waals surface area contributed by atoms with Gasteiger partial charge in [0.25, 0.3) is 0 Å². The van der Waals surface area contributed by atoms with Crippen molar-refractivity contribution in [1.29, 1.82) is 0 Å². The molecule has 2 aromatic rings. The van der Waals surface area contributed by atoms with Gasteiger partial charge in [-0.15, -0.1) is 5.10 Å². The van der Waals surface area contributed by atoms with Crippen molar-refractivity contribution in [2.75, 3.05) is 18.8 Å². The second kappa shape index (κ2) is 8.00. The van der Waals surface area contributed by atoms with E-state index in [1.54, 1.807) is 4.68 Å². The van der Waals surface area contributed by atoms with Crippen molar-refractivity contribution < 1.29 is 4.79 Å². The van der Waals surface area contributed by atoms with Crippen LogP contribution >= 0.6 is 11.8 Å². The van der Waals surface area contributed by atoms with E-state index in [2.05, 4.69) is 46.4 Å². The van der Waals surface area contributed by atoms with Crippen LogP contribution in [0.3, 0.4) is 0 Å². The third-order valence-corrected chi connectivity index (χ3v) is 6.89. The van der Waals surface area contributed by atoms with Crippen LogP contribution in [-0.2, 0) is 4.79 Å². The molecule has 0 bridgehead atoms. The summed E-state index contributed by atoms with van der Waals surface area (Å²) in [6.07, 6.45) is 6.49. The van der Waals surface area contributed by atoms with E-state index in [0.29, 0.717) is 16.8 Å². The maximum atomic E-state index is 12.8. The van der Waals surface area contributed by atoms with Crippen molar-refractivity contribution in [3.63, 3.8) is 0 Å². The molecular formula is C20H27N5OS. The van der Waals surface area contributed by atoms with Crippen LogP contribution in [0.4, 0.5) is 0 Å². The third-order valence-electron chi connectivity index (χ3n) is 5.99. The zero-order chi connectivity index (χ0) is 18.8. The highest BCUT2D eigenvalue weighted by Crippen LogP contribution is 2.36. The average Bonchev–Trinajstić information content (AvgIpc) is 3.14. The summed E-state index contributed by atoms with van der Waals surface area (Å²) in [4.78, 5) is 14.8. The zero-order valence-electron chi connectivity index (χ0n) is 16.1. The molecule has 7 heteroatoms. The molecule has 1 aliphatic heterocycles. The molecule has 0 radical (unpaired) electrons. The first kappa shape index (κ1) is 18.5. The Balaban J connectivity index is 1.39. The number of thioether (sulfide) groups is 1. The Kier molecular flexibility index (Phi) is 5.48. The minimum absolute atomic E-state index is 0.208. The molecule has 1 amide bonds. The number of aromatic nitrogens is 4. The Labute approximate surface area is 164 Å². The summed E-state index contributed by atoms with van der Waals surface area (Å²) in [6.45, 7) is 5.97. The molecule has 1 aromatic carbocycles. The number of carbonyl (C=O) groups excluding carboxylic acids is 1. The molecule has 144 valence electrons. The van der Waals surface area contributed by atoms with Crippen molar-refractivity contribution in [1.82, 2.24) is 25.1 Å². The van der Waals surface area contributed by atoms with E-state index in [4.69, 9.17) is 0 Å². The predicted octanol–water partition coefficient (Wildman–Crippen LogP) is 3.41. The number of likely N-dealkylation sites (tertiary alicyclic amines) is 1. The maximum absolute atomic E-state index is 12.8. The Morgan fingerprint density at radius 3 is 2.81 bits per heavy atom. The number of carbonyl (C=O) groups is 1. The maximum Gasteiger partial charge on any atom is 0.233 e. The normalized spacial score (nSPS) is 22.5. The summed E-state index contributed by atoms with van der Waals surface area (Å²) in [7, 11) is 0. The van der Waals surface area contributed by atoms with Gasteiger partial charge in [0.2, 0.25) is 11.1 Å². The summed E-state index contributed by atoms with van der Waals surface area (Å²) in [6, 6.07) is 6.20. The Hall–Kier alpha value is -1.89. The van der Waals surface area contributed by atoms with Gasteiger partial charge in [0.1, 0.15) is 0 Å². The number of benzene rings is 1. The molecular weight excluding hydrogens is 358 g/mol. The van der Waals surface area contributed by atoms with Gasteiger partial charge >= 0.3 is 0 Å². The van der Waals surface area contributed by atoms with Gasteiger partial charge in [0.15, 0.2) is 0 Å². The molecule has 6 nitrogen and oxygen atoms in total. The molecule has 0 spiro atoms. The Morgan fingerprint density at radius 1 is 1.19 bits per heavy atom. The van der Waals surface area contributed by atoms with Gasteiger partial charge < -0.3 is 4.90 Å². The number of fused-ring (bicyclic) bond motifs is 1. The molecule has 1 aromatic heterocycles. The first-order valence-electron chi connectivity index (χ1n) is 9.88. The van der Waals surface area contributed by atoms with Gasteiger partial charge in [-0.3, -0.25) is 4.79 Å². The number of hydrogen-bond donors (Lipinski definition) is 0. The van der Waals surface area contributed by atoms with Crippen LogP contribution in [0.1, 0.15) is 43.2 Å². The summed E-state index contributed by atoms with van der Waals surface area (Å²) in [5, 5.41) is 12.8. The molecule has 2 aliphatic rings. The molecule has 27 heavy (non-hydrogen) atoms. The number of piperidine rings is 1. The fourth-order valence-electron chi connectivity index (χ4n) is 4.51. The van der Waals surface area contributed by atoms with Crippen molar-refractivity contribution in [2.45, 2.75) is 51.1 Å². The van der Waals surface area contributed by atoms with Gasteiger partial charge in [-0.2, -0.15) is 4.68 Å². The van der Waals surface area contributed by atoms with Crippen LogP contribution in [0.2, 0.25) is 0 Å². The van der Waals surface area contributed by atoms with Gasteiger partial charge in [-0.25, -0.2) is 0 Å². The quantitative estimate of drug-likeness (QED) is 0.755. The molecule has 2 atom stereocenters. The molecule has 1 aliphatic carbocycles. The second-order valence-corrected chi connectivity index (χ2v) is 8.83. The standard InChI is InChI=1S/C20H27N5OS/c1-14-7-8-18(15(2)11-14)25-20(21-22-23-25)27-13-19(26)24-10-9-16-5-3-4-6-17(16)12-24/h7-8,11,16-17H,3-6,9-10,12-13H2,1-2H3/t16-,17-/m1/s1. The van der Waals surface area contributed by atoms with E-state index in [1.807, 2.05) is 6.07 Å². The largest absolute Gasteiger partial charge is 0.342 e. The summed E-state index contributed by atoms with van der Waals surface area (Å²) in [5.74, 6) is 2.15. The Morgan fingerprint density at radius 2 is 2.00 bits per heavy atom. The van der Waals surface area contributed by atoms with Gasteiger partial charge in [-0.05, 0) is 60.6 Å². The second-order valence-electron chi connectivity index (χ2n) is 7.88. The van der Waals surface area contributed by atoms with Gasteiger partial charge in [0, 0.05) is 13.1 Å². The lowest BCUT2D eigenvalue weighted by molar-refractivity contribution is -0.131. The zero-order valence-corrected chi connectivity index (χ0v) is 16.9. The van der Waals surface area contributed by atoms with Gasteiger partial charge in [-0.1, -0.05) is 48.7 Å². The SMILES string of the molecule is Cc1ccc(-n2nnnc2SCC(=O)N2CC[C@H]3CCCC[C@@H]3C2)c(C)c1. The fraction of sp³-hybridized carbons (Fsp3) is 0.600. The van der Waals surface area contributed by atoms with Crippen LogP contribution < -0.4 is 0 Å². The van der Waals surface area contributed by atoms with E-state index in [0.717, 1.165) is 30.3 Å². The molecule has 1 saturated heterocycles. The van der Waals surface area contributed by atoms with E-state index < -0.39 is 0 Å². The number of rotatable bonds is 4. The summed E-state index contributed by atoms with van der Waals surface area (Å²) >= 11 is 1.43. The van der Waals surface area contributed by atoms with Crippen molar-refractivity contribution in [3.8, 4) is 5.69 Å². The summed E-state index contributed by atoms with van der Waals surface area (Å²) < 4.78 is 1.74.